The van der Waals surface area contributed by atoms with E-state index in [4.69, 9.17) is 0 Å². The van der Waals surface area contributed by atoms with Gasteiger partial charge in [-0.25, -0.2) is 0 Å². The fourth-order valence-electron chi connectivity index (χ4n) is 2.57. The van der Waals surface area contributed by atoms with E-state index in [0.717, 1.165) is 22.9 Å². The molecule has 0 spiro atoms. The molecular weight excluding hydrogens is 296 g/mol. The zero-order valence-corrected chi connectivity index (χ0v) is 11.7. The molecule has 0 fully saturated rings. The molecule has 3 rings (SSSR count). The van der Waals surface area contributed by atoms with Gasteiger partial charge in [0.2, 0.25) is 0 Å². The third-order valence-corrected chi connectivity index (χ3v) is 5.24. The summed E-state index contributed by atoms with van der Waals surface area (Å²) >= 11 is 5.13. The molecule has 0 aliphatic heterocycles. The second-order valence-electron chi connectivity index (χ2n) is 4.56. The van der Waals surface area contributed by atoms with Crippen LogP contribution in [-0.4, -0.2) is 5.11 Å². The van der Waals surface area contributed by atoms with Crippen molar-refractivity contribution in [1.29, 1.82) is 0 Å². The minimum absolute atomic E-state index is 0.318. The topological polar surface area (TPSA) is 20.2 Å². The fourth-order valence-corrected chi connectivity index (χ4v) is 4.13. The summed E-state index contributed by atoms with van der Waals surface area (Å²) in [6.07, 6.45) is 1.61. The number of halogens is 1. The van der Waals surface area contributed by atoms with Gasteiger partial charge in [0.1, 0.15) is 0 Å². The first-order chi connectivity index (χ1) is 8.25. The minimum atomic E-state index is -0.358. The molecule has 17 heavy (non-hydrogen) atoms. The lowest BCUT2D eigenvalue weighted by molar-refractivity contribution is 0.113. The SMILES string of the molecule is OC(c1cscc1Br)C1Cc2ccccc2C1. The highest BCUT2D eigenvalue weighted by atomic mass is 79.9. The van der Waals surface area contributed by atoms with Gasteiger partial charge in [0.15, 0.2) is 0 Å². The molecule has 1 aromatic heterocycles. The summed E-state index contributed by atoms with van der Waals surface area (Å²) in [4.78, 5) is 0. The van der Waals surface area contributed by atoms with Crippen LogP contribution in [0.5, 0.6) is 0 Å². The zero-order chi connectivity index (χ0) is 11.8. The van der Waals surface area contributed by atoms with Crippen molar-refractivity contribution in [2.24, 2.45) is 5.92 Å². The smallest absolute Gasteiger partial charge is 0.0843 e. The van der Waals surface area contributed by atoms with Gasteiger partial charge >= 0.3 is 0 Å². The van der Waals surface area contributed by atoms with E-state index in [9.17, 15) is 5.11 Å². The Hall–Kier alpha value is -0.640. The summed E-state index contributed by atoms with van der Waals surface area (Å²) in [5.74, 6) is 0.318. The molecule has 3 heteroatoms. The van der Waals surface area contributed by atoms with Crippen molar-refractivity contribution < 1.29 is 5.11 Å². The second-order valence-corrected chi connectivity index (χ2v) is 6.15. The maximum atomic E-state index is 10.4. The number of thiophene rings is 1. The van der Waals surface area contributed by atoms with Crippen LogP contribution in [-0.2, 0) is 12.8 Å². The van der Waals surface area contributed by atoms with E-state index in [1.54, 1.807) is 11.3 Å². The molecule has 0 saturated carbocycles. The standard InChI is InChI=1S/C14H13BrOS/c15-13-8-17-7-12(13)14(16)11-5-9-3-1-2-4-10(9)6-11/h1-4,7-8,11,14,16H,5-6H2. The van der Waals surface area contributed by atoms with Crippen LogP contribution >= 0.6 is 27.3 Å². The molecule has 1 aliphatic carbocycles. The first kappa shape index (κ1) is 11.5. The molecule has 1 unspecified atom stereocenters. The van der Waals surface area contributed by atoms with E-state index >= 15 is 0 Å². The van der Waals surface area contributed by atoms with Crippen molar-refractivity contribution in [2.45, 2.75) is 18.9 Å². The minimum Gasteiger partial charge on any atom is -0.388 e. The van der Waals surface area contributed by atoms with Crippen molar-refractivity contribution in [3.63, 3.8) is 0 Å². The number of aliphatic hydroxyl groups is 1. The maximum absolute atomic E-state index is 10.4. The highest BCUT2D eigenvalue weighted by molar-refractivity contribution is 9.10. The summed E-state index contributed by atoms with van der Waals surface area (Å²) in [6, 6.07) is 8.50. The zero-order valence-electron chi connectivity index (χ0n) is 9.27. The average molecular weight is 309 g/mol. The van der Waals surface area contributed by atoms with E-state index < -0.39 is 0 Å². The number of benzene rings is 1. The number of rotatable bonds is 2. The molecule has 2 aromatic rings. The maximum Gasteiger partial charge on any atom is 0.0843 e. The molecule has 1 atom stereocenters. The summed E-state index contributed by atoms with van der Waals surface area (Å²) < 4.78 is 1.03. The fraction of sp³-hybridized carbons (Fsp3) is 0.286. The van der Waals surface area contributed by atoms with Crippen LogP contribution in [0.15, 0.2) is 39.5 Å². The van der Waals surface area contributed by atoms with Gasteiger partial charge in [-0.15, -0.1) is 0 Å². The van der Waals surface area contributed by atoms with Crippen molar-refractivity contribution in [3.8, 4) is 0 Å². The largest absolute Gasteiger partial charge is 0.388 e. The summed E-state index contributed by atoms with van der Waals surface area (Å²) in [5, 5.41) is 14.5. The van der Waals surface area contributed by atoms with E-state index in [2.05, 4.69) is 40.2 Å². The first-order valence-electron chi connectivity index (χ1n) is 5.72. The van der Waals surface area contributed by atoms with E-state index in [1.807, 2.05) is 10.8 Å². The molecule has 1 N–H and O–H groups in total. The number of fused-ring (bicyclic) bond motifs is 1. The third-order valence-electron chi connectivity index (χ3n) is 3.49. The van der Waals surface area contributed by atoms with Crippen LogP contribution in [0.4, 0.5) is 0 Å². The Morgan fingerprint density at radius 1 is 1.18 bits per heavy atom. The van der Waals surface area contributed by atoms with Gasteiger partial charge in [0, 0.05) is 15.4 Å². The predicted molar refractivity (Wildman–Crippen MR) is 74.3 cm³/mol. The monoisotopic (exact) mass is 308 g/mol. The molecule has 88 valence electrons. The number of hydrogen-bond acceptors (Lipinski definition) is 2. The van der Waals surface area contributed by atoms with Crippen LogP contribution in [0.3, 0.4) is 0 Å². The molecule has 1 heterocycles. The Morgan fingerprint density at radius 3 is 2.35 bits per heavy atom. The van der Waals surface area contributed by atoms with E-state index in [0.29, 0.717) is 5.92 Å². The summed E-state index contributed by atoms with van der Waals surface area (Å²) in [6.45, 7) is 0. The van der Waals surface area contributed by atoms with Crippen molar-refractivity contribution in [2.75, 3.05) is 0 Å². The van der Waals surface area contributed by atoms with Crippen LogP contribution in [0.25, 0.3) is 0 Å². The van der Waals surface area contributed by atoms with Gasteiger partial charge in [-0.2, -0.15) is 11.3 Å². The van der Waals surface area contributed by atoms with Gasteiger partial charge in [-0.1, -0.05) is 24.3 Å². The van der Waals surface area contributed by atoms with Gasteiger partial charge in [-0.3, -0.25) is 0 Å². The Kier molecular flexibility index (Phi) is 3.07. The summed E-state index contributed by atoms with van der Waals surface area (Å²) in [5.41, 5.74) is 3.82. The molecule has 1 nitrogen and oxygen atoms in total. The van der Waals surface area contributed by atoms with Crippen LogP contribution in [0, 0.1) is 5.92 Å². The third kappa shape index (κ3) is 2.07. The average Bonchev–Trinajstić information content (AvgIpc) is 2.93. The van der Waals surface area contributed by atoms with Crippen LogP contribution < -0.4 is 0 Å². The summed E-state index contributed by atoms with van der Waals surface area (Å²) in [7, 11) is 0. The molecule has 1 aliphatic rings. The van der Waals surface area contributed by atoms with Crippen LogP contribution in [0.1, 0.15) is 22.8 Å². The molecule has 1 aromatic carbocycles. The normalized spacial score (nSPS) is 17.1. The Morgan fingerprint density at radius 2 is 1.82 bits per heavy atom. The Balaban J connectivity index is 1.83. The van der Waals surface area contributed by atoms with Gasteiger partial charge in [0.25, 0.3) is 0 Å². The van der Waals surface area contributed by atoms with Crippen LogP contribution in [0.2, 0.25) is 0 Å². The molecule has 0 radical (unpaired) electrons. The molecule has 0 amide bonds. The highest BCUT2D eigenvalue weighted by Crippen LogP contribution is 2.38. The first-order valence-corrected chi connectivity index (χ1v) is 7.45. The van der Waals surface area contributed by atoms with Crippen molar-refractivity contribution >= 4 is 27.3 Å². The lowest BCUT2D eigenvalue weighted by Gasteiger charge is -2.17. The lowest BCUT2D eigenvalue weighted by Crippen LogP contribution is -2.12. The van der Waals surface area contributed by atoms with E-state index in [-0.39, 0.29) is 6.10 Å². The van der Waals surface area contributed by atoms with Gasteiger partial charge in [-0.05, 0) is 51.2 Å². The highest BCUT2D eigenvalue weighted by Gasteiger charge is 2.29. The molecular formula is C14H13BrOS. The molecule has 0 saturated heterocycles. The number of aliphatic hydroxyl groups excluding tert-OH is 1. The lowest BCUT2D eigenvalue weighted by atomic mass is 9.95. The Labute approximate surface area is 113 Å². The second kappa shape index (κ2) is 4.56. The van der Waals surface area contributed by atoms with Crippen molar-refractivity contribution in [3.05, 3.63) is 56.2 Å². The molecule has 0 bridgehead atoms. The quantitative estimate of drug-likeness (QED) is 0.890. The van der Waals surface area contributed by atoms with Gasteiger partial charge in [0.05, 0.1) is 6.10 Å². The van der Waals surface area contributed by atoms with Gasteiger partial charge < -0.3 is 5.11 Å². The predicted octanol–water partition coefficient (Wildman–Crippen LogP) is 3.96. The Bertz CT molecular complexity index is 510. The number of hydrogen-bond donors (Lipinski definition) is 1. The van der Waals surface area contributed by atoms with Crippen molar-refractivity contribution in [1.82, 2.24) is 0 Å². The van der Waals surface area contributed by atoms with E-state index in [1.165, 1.54) is 11.1 Å².